The van der Waals surface area contributed by atoms with Gasteiger partial charge in [0, 0.05) is 22.5 Å². The van der Waals surface area contributed by atoms with Crippen LogP contribution in [0.25, 0.3) is 0 Å². The van der Waals surface area contributed by atoms with E-state index in [1.54, 1.807) is 97.1 Å². The number of hydrogen-bond donors (Lipinski definition) is 2. The Morgan fingerprint density at radius 2 is 0.708 bits per heavy atom. The number of nitrogens with one attached hydrogen (secondary N) is 2. The standard InChI is InChI=1S/C38H26N2O6S2/c41-37-31-13-7-15-33(39-25-17-21-29(22-18-25)47(43,44)27-9-3-1-4-10-27)35(31)38(42)36-32(37)14-8-16-34(36)40-26-19-23-30(24-20-26)48(45,46)28-11-5-2-6-12-28/h1-24,39-40H. The van der Waals surface area contributed by atoms with Crippen LogP contribution in [0.2, 0.25) is 0 Å². The molecule has 6 aromatic rings. The van der Waals surface area contributed by atoms with Gasteiger partial charge in [-0.2, -0.15) is 0 Å². The molecule has 10 heteroatoms. The molecule has 0 radical (unpaired) electrons. The Morgan fingerprint density at radius 3 is 1.08 bits per heavy atom. The van der Waals surface area contributed by atoms with Crippen LogP contribution in [0.3, 0.4) is 0 Å². The molecular weight excluding hydrogens is 645 g/mol. The Morgan fingerprint density at radius 1 is 0.354 bits per heavy atom. The van der Waals surface area contributed by atoms with E-state index in [-0.39, 0.29) is 53.4 Å². The van der Waals surface area contributed by atoms with Gasteiger partial charge in [-0.15, -0.1) is 0 Å². The van der Waals surface area contributed by atoms with Crippen molar-refractivity contribution in [2.45, 2.75) is 19.6 Å². The summed E-state index contributed by atoms with van der Waals surface area (Å²) in [5.74, 6) is -0.696. The summed E-state index contributed by atoms with van der Waals surface area (Å²) in [6.07, 6.45) is 0. The minimum absolute atomic E-state index is 0.121. The summed E-state index contributed by atoms with van der Waals surface area (Å²) in [6.45, 7) is 0. The van der Waals surface area contributed by atoms with E-state index in [0.717, 1.165) is 0 Å². The molecule has 0 amide bonds. The third-order valence-corrected chi connectivity index (χ3v) is 11.6. The average molecular weight is 671 g/mol. The normalized spacial score (nSPS) is 12.6. The van der Waals surface area contributed by atoms with E-state index in [2.05, 4.69) is 10.6 Å². The molecule has 0 atom stereocenters. The Balaban J connectivity index is 1.18. The maximum absolute atomic E-state index is 14.2. The lowest BCUT2D eigenvalue weighted by Crippen LogP contribution is -2.23. The van der Waals surface area contributed by atoms with Crippen molar-refractivity contribution in [1.82, 2.24) is 0 Å². The fourth-order valence-electron chi connectivity index (χ4n) is 5.67. The van der Waals surface area contributed by atoms with Crippen molar-refractivity contribution in [3.63, 3.8) is 0 Å². The van der Waals surface area contributed by atoms with E-state index in [9.17, 15) is 26.4 Å². The first kappa shape index (κ1) is 30.8. The van der Waals surface area contributed by atoms with Gasteiger partial charge in [0.15, 0.2) is 11.6 Å². The number of hydrogen-bond acceptors (Lipinski definition) is 8. The fraction of sp³-hybridized carbons (Fsp3) is 0. The van der Waals surface area contributed by atoms with Gasteiger partial charge in [-0.3, -0.25) is 9.59 Å². The van der Waals surface area contributed by atoms with E-state index >= 15 is 0 Å². The van der Waals surface area contributed by atoms with Gasteiger partial charge in [0.1, 0.15) is 0 Å². The van der Waals surface area contributed by atoms with Gasteiger partial charge in [-0.25, -0.2) is 16.8 Å². The third kappa shape index (κ3) is 5.46. The summed E-state index contributed by atoms with van der Waals surface area (Å²) in [7, 11) is -7.42. The summed E-state index contributed by atoms with van der Waals surface area (Å²) in [5, 5.41) is 6.38. The molecule has 0 fully saturated rings. The van der Waals surface area contributed by atoms with Crippen LogP contribution < -0.4 is 10.6 Å². The predicted octanol–water partition coefficient (Wildman–Crippen LogP) is 7.61. The van der Waals surface area contributed by atoms with Crippen molar-refractivity contribution in [2.24, 2.45) is 0 Å². The minimum atomic E-state index is -3.71. The monoisotopic (exact) mass is 670 g/mol. The second-order valence-corrected chi connectivity index (χ2v) is 14.9. The highest BCUT2D eigenvalue weighted by atomic mass is 32.2. The van der Waals surface area contributed by atoms with Gasteiger partial charge in [-0.1, -0.05) is 60.7 Å². The summed E-state index contributed by atoms with van der Waals surface area (Å²) in [5.41, 5.74) is 2.70. The van der Waals surface area contributed by atoms with Gasteiger partial charge in [0.2, 0.25) is 19.7 Å². The number of ketones is 2. The second kappa shape index (κ2) is 12.1. The van der Waals surface area contributed by atoms with Crippen LogP contribution in [0.5, 0.6) is 0 Å². The van der Waals surface area contributed by atoms with Crippen LogP contribution in [-0.2, 0) is 19.7 Å². The van der Waals surface area contributed by atoms with Gasteiger partial charge >= 0.3 is 0 Å². The summed E-state index contributed by atoms with van der Waals surface area (Å²) in [4.78, 5) is 28.5. The molecule has 0 bridgehead atoms. The lowest BCUT2D eigenvalue weighted by Gasteiger charge is -2.23. The predicted molar refractivity (Wildman–Crippen MR) is 183 cm³/mol. The molecule has 236 valence electrons. The SMILES string of the molecule is O=C1c2cccc(Nc3ccc(S(=O)(=O)c4ccccc4)cc3)c2C(=O)c2c(Nc3ccc(S(=O)(=O)c4ccccc4)cc3)cccc21. The zero-order chi connectivity index (χ0) is 33.5. The van der Waals surface area contributed by atoms with Crippen molar-refractivity contribution in [3.8, 4) is 0 Å². The number of rotatable bonds is 8. The van der Waals surface area contributed by atoms with E-state index in [0.29, 0.717) is 22.7 Å². The molecule has 0 saturated heterocycles. The Bertz CT molecular complexity index is 2260. The Hall–Kier alpha value is -5.84. The molecule has 2 N–H and O–H groups in total. The maximum Gasteiger partial charge on any atom is 0.206 e. The minimum Gasteiger partial charge on any atom is -0.355 e. The van der Waals surface area contributed by atoms with Crippen molar-refractivity contribution in [3.05, 3.63) is 168 Å². The number of carbonyl (C=O) groups is 2. The van der Waals surface area contributed by atoms with Crippen LogP contribution >= 0.6 is 0 Å². The summed E-state index contributed by atoms with van der Waals surface area (Å²) in [6, 6.07) is 38.6. The van der Waals surface area contributed by atoms with Crippen molar-refractivity contribution < 1.29 is 26.4 Å². The van der Waals surface area contributed by atoms with Gasteiger partial charge in [0.05, 0.1) is 42.1 Å². The van der Waals surface area contributed by atoms with Crippen molar-refractivity contribution in [1.29, 1.82) is 0 Å². The quantitative estimate of drug-likeness (QED) is 0.169. The third-order valence-electron chi connectivity index (χ3n) is 8.07. The van der Waals surface area contributed by atoms with Crippen LogP contribution in [0, 0.1) is 0 Å². The Kier molecular flexibility index (Phi) is 7.74. The fourth-order valence-corrected chi connectivity index (χ4v) is 8.23. The zero-order valence-corrected chi connectivity index (χ0v) is 26.8. The maximum atomic E-state index is 14.2. The molecule has 7 rings (SSSR count). The van der Waals surface area contributed by atoms with Crippen molar-refractivity contribution in [2.75, 3.05) is 10.6 Å². The number of sulfone groups is 2. The lowest BCUT2D eigenvalue weighted by molar-refractivity contribution is 0.0980. The lowest BCUT2D eigenvalue weighted by atomic mass is 9.82. The molecule has 1 aliphatic rings. The van der Waals surface area contributed by atoms with E-state index in [1.807, 2.05) is 0 Å². The zero-order valence-electron chi connectivity index (χ0n) is 25.1. The topological polar surface area (TPSA) is 126 Å². The van der Waals surface area contributed by atoms with E-state index < -0.39 is 19.7 Å². The average Bonchev–Trinajstić information content (AvgIpc) is 3.12. The number of fused-ring (bicyclic) bond motifs is 2. The van der Waals surface area contributed by atoms with Crippen LogP contribution in [0.1, 0.15) is 31.8 Å². The summed E-state index contributed by atoms with van der Waals surface area (Å²) < 4.78 is 52.2. The highest BCUT2D eigenvalue weighted by molar-refractivity contribution is 7.91. The van der Waals surface area contributed by atoms with Gasteiger partial charge < -0.3 is 10.6 Å². The molecule has 6 aromatic carbocycles. The van der Waals surface area contributed by atoms with Crippen LogP contribution in [-0.4, -0.2) is 28.4 Å². The molecule has 48 heavy (non-hydrogen) atoms. The summed E-state index contributed by atoms with van der Waals surface area (Å²) >= 11 is 0. The van der Waals surface area contributed by atoms with E-state index in [4.69, 9.17) is 0 Å². The van der Waals surface area contributed by atoms with Crippen LogP contribution in [0.15, 0.2) is 165 Å². The molecule has 0 spiro atoms. The number of benzene rings is 6. The number of anilines is 4. The van der Waals surface area contributed by atoms with Crippen LogP contribution in [0.4, 0.5) is 22.7 Å². The number of carbonyl (C=O) groups excluding carboxylic acids is 2. The molecule has 0 saturated carbocycles. The smallest absolute Gasteiger partial charge is 0.206 e. The first-order chi connectivity index (χ1) is 23.1. The van der Waals surface area contributed by atoms with E-state index in [1.165, 1.54) is 48.5 Å². The molecular formula is C38H26N2O6S2. The van der Waals surface area contributed by atoms with Crippen molar-refractivity contribution >= 4 is 54.0 Å². The first-order valence-corrected chi connectivity index (χ1v) is 17.8. The molecule has 1 aliphatic carbocycles. The highest BCUT2D eigenvalue weighted by Crippen LogP contribution is 2.38. The molecule has 0 aliphatic heterocycles. The first-order valence-electron chi connectivity index (χ1n) is 14.8. The largest absolute Gasteiger partial charge is 0.355 e. The molecule has 0 aromatic heterocycles. The molecule has 0 heterocycles. The highest BCUT2D eigenvalue weighted by Gasteiger charge is 2.34. The Labute approximate surface area is 277 Å². The molecule has 8 nitrogen and oxygen atoms in total. The second-order valence-electron chi connectivity index (χ2n) is 11.0. The van der Waals surface area contributed by atoms with Gasteiger partial charge in [-0.05, 0) is 84.9 Å². The van der Waals surface area contributed by atoms with Gasteiger partial charge in [0.25, 0.3) is 0 Å². The molecule has 0 unspecified atom stereocenters.